The number of carbonyl (C=O) groups is 2. The number of hydrogen-bond acceptors (Lipinski definition) is 3. The van der Waals surface area contributed by atoms with E-state index in [0.29, 0.717) is 0 Å². The van der Waals surface area contributed by atoms with Crippen LogP contribution in [0.15, 0.2) is 36.4 Å². The zero-order chi connectivity index (χ0) is 14.9. The number of phenolic OH excluding ortho intramolecular Hbond substituents is 1. The first-order chi connectivity index (χ1) is 9.41. The maximum atomic E-state index is 12.4. The van der Waals surface area contributed by atoms with E-state index < -0.39 is 17.5 Å². The SMILES string of the molecule is O=C(O)c1ccccc1C(=O)c1cc(Cl)cc(Cl)c1O. The second kappa shape index (κ2) is 5.53. The van der Waals surface area contributed by atoms with E-state index in [9.17, 15) is 14.7 Å². The number of hydrogen-bond donors (Lipinski definition) is 2. The van der Waals surface area contributed by atoms with Gasteiger partial charge >= 0.3 is 5.97 Å². The van der Waals surface area contributed by atoms with Crippen molar-refractivity contribution in [3.05, 3.63) is 63.1 Å². The van der Waals surface area contributed by atoms with Gasteiger partial charge in [0.25, 0.3) is 0 Å². The first kappa shape index (κ1) is 14.4. The van der Waals surface area contributed by atoms with E-state index in [2.05, 4.69) is 0 Å². The quantitative estimate of drug-likeness (QED) is 0.849. The summed E-state index contributed by atoms with van der Waals surface area (Å²) in [4.78, 5) is 23.5. The van der Waals surface area contributed by atoms with Crippen LogP contribution in [0.1, 0.15) is 26.3 Å². The molecule has 2 N–H and O–H groups in total. The van der Waals surface area contributed by atoms with Crippen LogP contribution < -0.4 is 0 Å². The summed E-state index contributed by atoms with van der Waals surface area (Å²) >= 11 is 11.5. The van der Waals surface area contributed by atoms with Crippen molar-refractivity contribution in [1.29, 1.82) is 0 Å². The Morgan fingerprint density at radius 1 is 0.950 bits per heavy atom. The Labute approximate surface area is 124 Å². The van der Waals surface area contributed by atoms with Crippen molar-refractivity contribution in [2.24, 2.45) is 0 Å². The Kier molecular flexibility index (Phi) is 3.97. The van der Waals surface area contributed by atoms with E-state index in [1.165, 1.54) is 36.4 Å². The third-order valence-electron chi connectivity index (χ3n) is 2.67. The molecule has 2 aromatic rings. The third-order valence-corrected chi connectivity index (χ3v) is 3.18. The van der Waals surface area contributed by atoms with Crippen LogP contribution in [0.2, 0.25) is 10.0 Å². The number of carboxylic acid groups (broad SMARTS) is 1. The van der Waals surface area contributed by atoms with Crippen LogP contribution in [0.25, 0.3) is 0 Å². The molecule has 102 valence electrons. The van der Waals surface area contributed by atoms with Crippen LogP contribution in [-0.4, -0.2) is 22.0 Å². The van der Waals surface area contributed by atoms with Crippen LogP contribution in [0.3, 0.4) is 0 Å². The number of aromatic hydroxyl groups is 1. The molecule has 0 radical (unpaired) electrons. The molecule has 0 amide bonds. The highest BCUT2D eigenvalue weighted by Crippen LogP contribution is 2.33. The van der Waals surface area contributed by atoms with Gasteiger partial charge in [-0.05, 0) is 18.2 Å². The van der Waals surface area contributed by atoms with Gasteiger partial charge in [0.05, 0.1) is 16.1 Å². The van der Waals surface area contributed by atoms with Crippen LogP contribution in [0, 0.1) is 0 Å². The summed E-state index contributed by atoms with van der Waals surface area (Å²) in [6.45, 7) is 0. The molecule has 0 aliphatic heterocycles. The van der Waals surface area contributed by atoms with Gasteiger partial charge < -0.3 is 10.2 Å². The molecule has 0 unspecified atom stereocenters. The summed E-state index contributed by atoms with van der Waals surface area (Å²) < 4.78 is 0. The lowest BCUT2D eigenvalue weighted by molar-refractivity contribution is 0.0692. The normalized spacial score (nSPS) is 10.3. The number of carbonyl (C=O) groups excluding carboxylic acids is 1. The average Bonchev–Trinajstić information content (AvgIpc) is 2.42. The fraction of sp³-hybridized carbons (Fsp3) is 0. The summed E-state index contributed by atoms with van der Waals surface area (Å²) in [6, 6.07) is 8.23. The molecule has 0 bridgehead atoms. The molecule has 0 heterocycles. The molecule has 2 aromatic carbocycles. The molecule has 0 saturated carbocycles. The Morgan fingerprint density at radius 3 is 2.15 bits per heavy atom. The monoisotopic (exact) mass is 310 g/mol. The maximum absolute atomic E-state index is 12.4. The van der Waals surface area contributed by atoms with Gasteiger partial charge in [-0.1, -0.05) is 41.4 Å². The summed E-state index contributed by atoms with van der Waals surface area (Å²) in [5, 5.41) is 19.0. The van der Waals surface area contributed by atoms with Crippen LogP contribution in [-0.2, 0) is 0 Å². The summed E-state index contributed by atoms with van der Waals surface area (Å²) in [7, 11) is 0. The molecule has 2 rings (SSSR count). The summed E-state index contributed by atoms with van der Waals surface area (Å²) in [5.41, 5.74) is -0.349. The van der Waals surface area contributed by atoms with Crippen molar-refractivity contribution in [2.75, 3.05) is 0 Å². The molecule has 4 nitrogen and oxygen atoms in total. The topological polar surface area (TPSA) is 74.6 Å². The third kappa shape index (κ3) is 2.61. The van der Waals surface area contributed by atoms with Gasteiger partial charge in [-0.25, -0.2) is 4.79 Å². The van der Waals surface area contributed by atoms with Gasteiger partial charge in [0.1, 0.15) is 5.75 Å². The molecular weight excluding hydrogens is 303 g/mol. The zero-order valence-electron chi connectivity index (χ0n) is 9.93. The Morgan fingerprint density at radius 2 is 1.55 bits per heavy atom. The molecule has 0 aromatic heterocycles. The van der Waals surface area contributed by atoms with Gasteiger partial charge in [0.15, 0.2) is 5.78 Å². The van der Waals surface area contributed by atoms with Gasteiger partial charge in [-0.3, -0.25) is 4.79 Å². The number of aromatic carboxylic acids is 1. The minimum Gasteiger partial charge on any atom is -0.506 e. The number of rotatable bonds is 3. The Hall–Kier alpha value is -2.04. The number of phenols is 1. The zero-order valence-corrected chi connectivity index (χ0v) is 11.4. The van der Waals surface area contributed by atoms with Crippen molar-refractivity contribution < 1.29 is 19.8 Å². The molecule has 0 saturated heterocycles. The Balaban J connectivity index is 2.61. The van der Waals surface area contributed by atoms with Crippen molar-refractivity contribution >= 4 is 35.0 Å². The summed E-state index contributed by atoms with van der Waals surface area (Å²) in [6.07, 6.45) is 0. The molecular formula is C14H8Cl2O4. The smallest absolute Gasteiger partial charge is 0.336 e. The molecule has 20 heavy (non-hydrogen) atoms. The fourth-order valence-electron chi connectivity index (χ4n) is 1.75. The fourth-order valence-corrected chi connectivity index (χ4v) is 2.25. The lowest BCUT2D eigenvalue weighted by Crippen LogP contribution is -2.09. The molecule has 0 atom stereocenters. The highest BCUT2D eigenvalue weighted by atomic mass is 35.5. The van der Waals surface area contributed by atoms with E-state index in [-0.39, 0.29) is 26.7 Å². The van der Waals surface area contributed by atoms with Crippen molar-refractivity contribution in [1.82, 2.24) is 0 Å². The number of halogens is 2. The predicted molar refractivity (Wildman–Crippen MR) is 75.0 cm³/mol. The van der Waals surface area contributed by atoms with Gasteiger partial charge in [0.2, 0.25) is 0 Å². The molecule has 0 aliphatic rings. The molecule has 0 spiro atoms. The number of carboxylic acids is 1. The van der Waals surface area contributed by atoms with E-state index in [4.69, 9.17) is 28.3 Å². The predicted octanol–water partition coefficient (Wildman–Crippen LogP) is 3.63. The van der Waals surface area contributed by atoms with Crippen LogP contribution in [0.4, 0.5) is 0 Å². The standard InChI is InChI=1S/C14H8Cl2O4/c15-7-5-10(13(18)11(16)6-7)12(17)8-3-1-2-4-9(8)14(19)20/h1-6,18H,(H,19,20). The maximum Gasteiger partial charge on any atom is 0.336 e. The number of benzene rings is 2. The minimum atomic E-state index is -1.23. The molecule has 0 aliphatic carbocycles. The number of ketones is 1. The molecule has 6 heteroatoms. The second-order valence-electron chi connectivity index (χ2n) is 3.96. The van der Waals surface area contributed by atoms with Crippen molar-refractivity contribution in [3.63, 3.8) is 0 Å². The van der Waals surface area contributed by atoms with Gasteiger partial charge in [-0.2, -0.15) is 0 Å². The second-order valence-corrected chi connectivity index (χ2v) is 4.81. The lowest BCUT2D eigenvalue weighted by Gasteiger charge is -2.08. The first-order valence-corrected chi connectivity index (χ1v) is 6.22. The van der Waals surface area contributed by atoms with Crippen molar-refractivity contribution in [3.8, 4) is 5.75 Å². The highest BCUT2D eigenvalue weighted by Gasteiger charge is 2.21. The Bertz CT molecular complexity index is 710. The van der Waals surface area contributed by atoms with Crippen LogP contribution in [0.5, 0.6) is 5.75 Å². The average molecular weight is 311 g/mol. The first-order valence-electron chi connectivity index (χ1n) is 5.47. The largest absolute Gasteiger partial charge is 0.506 e. The van der Waals surface area contributed by atoms with Gasteiger partial charge in [-0.15, -0.1) is 0 Å². The van der Waals surface area contributed by atoms with Crippen molar-refractivity contribution in [2.45, 2.75) is 0 Å². The van der Waals surface area contributed by atoms with Crippen LogP contribution >= 0.6 is 23.2 Å². The summed E-state index contributed by atoms with van der Waals surface area (Å²) in [5.74, 6) is -2.33. The van der Waals surface area contributed by atoms with E-state index in [0.717, 1.165) is 0 Å². The minimum absolute atomic E-state index is 0.0476. The van der Waals surface area contributed by atoms with Gasteiger partial charge in [0, 0.05) is 10.6 Å². The van der Waals surface area contributed by atoms with E-state index >= 15 is 0 Å². The van der Waals surface area contributed by atoms with E-state index in [1.54, 1.807) is 0 Å². The lowest BCUT2D eigenvalue weighted by atomic mass is 9.98. The van der Waals surface area contributed by atoms with E-state index in [1.807, 2.05) is 0 Å². The molecule has 0 fully saturated rings. The highest BCUT2D eigenvalue weighted by molar-refractivity contribution is 6.36.